The van der Waals surface area contributed by atoms with Gasteiger partial charge in [-0.15, -0.1) is 11.8 Å². The molecule has 0 saturated heterocycles. The van der Waals surface area contributed by atoms with Crippen LogP contribution in [-0.2, 0) is 9.59 Å². The summed E-state index contributed by atoms with van der Waals surface area (Å²) >= 11 is 1.38. The number of thioether (sulfide) groups is 1. The van der Waals surface area contributed by atoms with Gasteiger partial charge in [0.1, 0.15) is 11.8 Å². The van der Waals surface area contributed by atoms with E-state index in [1.54, 1.807) is 0 Å². The molecule has 1 aromatic carbocycles. The average molecular weight is 348 g/mol. The number of hydrogen-bond acceptors (Lipinski definition) is 5. The monoisotopic (exact) mass is 348 g/mol. The minimum atomic E-state index is -1.05. The molecule has 2 N–H and O–H groups in total. The lowest BCUT2D eigenvalue weighted by atomic mass is 10.2. The summed E-state index contributed by atoms with van der Waals surface area (Å²) in [6.45, 7) is 5.68. The Labute approximate surface area is 144 Å². The maximum absolute atomic E-state index is 11.3. The van der Waals surface area contributed by atoms with Crippen molar-refractivity contribution in [2.45, 2.75) is 31.7 Å². The largest absolute Gasteiger partial charge is 0.494 e. The van der Waals surface area contributed by atoms with Gasteiger partial charge in [-0.3, -0.25) is 9.78 Å². The number of aromatic nitrogens is 1. The van der Waals surface area contributed by atoms with Crippen LogP contribution in [0.5, 0.6) is 5.75 Å². The van der Waals surface area contributed by atoms with Crippen LogP contribution in [-0.4, -0.2) is 40.4 Å². The molecule has 0 unspecified atom stereocenters. The number of hydrogen-bond donors (Lipinski definition) is 2. The van der Waals surface area contributed by atoms with Gasteiger partial charge in [-0.2, -0.15) is 0 Å². The van der Waals surface area contributed by atoms with Crippen LogP contribution in [0.2, 0.25) is 0 Å². The van der Waals surface area contributed by atoms with E-state index in [0.717, 1.165) is 27.2 Å². The quantitative estimate of drug-likeness (QED) is 0.748. The molecule has 1 heterocycles. The van der Waals surface area contributed by atoms with Crippen molar-refractivity contribution in [3.63, 3.8) is 0 Å². The molecule has 0 fully saturated rings. The third-order valence-electron chi connectivity index (χ3n) is 3.26. The van der Waals surface area contributed by atoms with Gasteiger partial charge < -0.3 is 15.2 Å². The van der Waals surface area contributed by atoms with E-state index in [0.29, 0.717) is 6.61 Å². The third-order valence-corrected chi connectivity index (χ3v) is 4.41. The van der Waals surface area contributed by atoms with E-state index in [-0.39, 0.29) is 11.7 Å². The number of nitrogens with one attached hydrogen (secondary N) is 1. The second-order valence-corrected chi connectivity index (χ2v) is 6.34. The molecule has 0 bridgehead atoms. The Bertz CT molecular complexity index is 764. The Morgan fingerprint density at radius 1 is 1.38 bits per heavy atom. The number of carboxylic acid groups (broad SMARTS) is 1. The zero-order chi connectivity index (χ0) is 17.7. The van der Waals surface area contributed by atoms with E-state index >= 15 is 0 Å². The molecule has 7 heteroatoms. The Balaban J connectivity index is 2.30. The van der Waals surface area contributed by atoms with E-state index in [1.807, 2.05) is 38.1 Å². The number of carbonyl (C=O) groups is 2. The molecule has 2 rings (SSSR count). The van der Waals surface area contributed by atoms with Crippen LogP contribution in [0.4, 0.5) is 0 Å². The van der Waals surface area contributed by atoms with Gasteiger partial charge in [-0.1, -0.05) is 0 Å². The summed E-state index contributed by atoms with van der Waals surface area (Å²) in [5.41, 5.74) is 1.67. The van der Waals surface area contributed by atoms with Gasteiger partial charge in [0.05, 0.1) is 12.1 Å². The first-order valence-electron chi connectivity index (χ1n) is 7.57. The number of nitrogens with zero attached hydrogens (tertiary/aromatic N) is 1. The van der Waals surface area contributed by atoms with Crippen LogP contribution in [0.1, 0.15) is 19.5 Å². The number of amides is 1. The van der Waals surface area contributed by atoms with Gasteiger partial charge in [0.25, 0.3) is 0 Å². The number of aliphatic carboxylic acids is 1. The number of ether oxygens (including phenoxy) is 1. The predicted molar refractivity (Wildman–Crippen MR) is 93.6 cm³/mol. The third kappa shape index (κ3) is 4.61. The van der Waals surface area contributed by atoms with E-state index in [9.17, 15) is 14.7 Å². The van der Waals surface area contributed by atoms with Crippen LogP contribution >= 0.6 is 11.8 Å². The molecule has 128 valence electrons. The molecular weight excluding hydrogens is 328 g/mol. The first-order chi connectivity index (χ1) is 11.4. The second-order valence-electron chi connectivity index (χ2n) is 5.28. The smallest absolute Gasteiger partial charge is 0.327 e. The minimum absolute atomic E-state index is 0.229. The summed E-state index contributed by atoms with van der Waals surface area (Å²) in [4.78, 5) is 27.8. The topological polar surface area (TPSA) is 88.5 Å². The van der Waals surface area contributed by atoms with Gasteiger partial charge in [0.2, 0.25) is 5.91 Å². The standard InChI is InChI=1S/C17H20N2O4S/c1-4-23-12-5-6-14-13(8-12)16(7-10(2)18-14)24-9-15(17(21)22)19-11(3)20/h5-8,15H,4,9H2,1-3H3,(H,19,20)(H,21,22)/t15-/m1/s1. The lowest BCUT2D eigenvalue weighted by Gasteiger charge is -2.14. The van der Waals surface area contributed by atoms with E-state index in [4.69, 9.17) is 4.74 Å². The van der Waals surface area contributed by atoms with E-state index < -0.39 is 12.0 Å². The average Bonchev–Trinajstić information content (AvgIpc) is 2.51. The van der Waals surface area contributed by atoms with Crippen LogP contribution in [0, 0.1) is 6.92 Å². The van der Waals surface area contributed by atoms with Crippen LogP contribution in [0.25, 0.3) is 10.9 Å². The van der Waals surface area contributed by atoms with E-state index in [2.05, 4.69) is 10.3 Å². The molecule has 0 aliphatic carbocycles. The number of benzene rings is 1. The van der Waals surface area contributed by atoms with Crippen molar-refractivity contribution in [1.82, 2.24) is 10.3 Å². The summed E-state index contributed by atoms with van der Waals surface area (Å²) in [7, 11) is 0. The van der Waals surface area contributed by atoms with Gasteiger partial charge >= 0.3 is 5.97 Å². The minimum Gasteiger partial charge on any atom is -0.494 e. The molecular formula is C17H20N2O4S. The highest BCUT2D eigenvalue weighted by Crippen LogP contribution is 2.31. The predicted octanol–water partition coefficient (Wildman–Crippen LogP) is 2.62. The van der Waals surface area contributed by atoms with Crippen molar-refractivity contribution in [3.05, 3.63) is 30.0 Å². The number of aryl methyl sites for hydroxylation is 1. The Kier molecular flexibility index (Phi) is 6.03. The maximum Gasteiger partial charge on any atom is 0.327 e. The fraction of sp³-hybridized carbons (Fsp3) is 0.353. The molecule has 0 aliphatic rings. The molecule has 24 heavy (non-hydrogen) atoms. The highest BCUT2D eigenvalue weighted by molar-refractivity contribution is 7.99. The molecule has 0 aliphatic heterocycles. The van der Waals surface area contributed by atoms with Crippen molar-refractivity contribution in [2.24, 2.45) is 0 Å². The van der Waals surface area contributed by atoms with Crippen LogP contribution < -0.4 is 10.1 Å². The number of carboxylic acids is 1. The summed E-state index contributed by atoms with van der Waals surface area (Å²) < 4.78 is 5.53. The Morgan fingerprint density at radius 2 is 2.12 bits per heavy atom. The van der Waals surface area contributed by atoms with Gasteiger partial charge in [-0.05, 0) is 38.1 Å². The molecule has 0 spiro atoms. The molecule has 0 radical (unpaired) electrons. The van der Waals surface area contributed by atoms with Gasteiger partial charge in [0.15, 0.2) is 0 Å². The number of rotatable bonds is 7. The molecule has 6 nitrogen and oxygen atoms in total. The van der Waals surface area contributed by atoms with Crippen molar-refractivity contribution in [2.75, 3.05) is 12.4 Å². The fourth-order valence-corrected chi connectivity index (χ4v) is 3.41. The number of pyridine rings is 1. The summed E-state index contributed by atoms with van der Waals surface area (Å²) in [6.07, 6.45) is 0. The lowest BCUT2D eigenvalue weighted by molar-refractivity contribution is -0.140. The SMILES string of the molecule is CCOc1ccc2nc(C)cc(SC[C@@H](NC(C)=O)C(=O)O)c2c1. The maximum atomic E-state index is 11.3. The molecule has 1 atom stereocenters. The highest BCUT2D eigenvalue weighted by atomic mass is 32.2. The fourth-order valence-electron chi connectivity index (χ4n) is 2.27. The number of fused-ring (bicyclic) bond motifs is 1. The Hall–Kier alpha value is -2.28. The summed E-state index contributed by atoms with van der Waals surface area (Å²) in [6, 6.07) is 6.63. The second kappa shape index (κ2) is 8.01. The lowest BCUT2D eigenvalue weighted by Crippen LogP contribution is -2.41. The normalized spacial score (nSPS) is 12.0. The molecule has 2 aromatic rings. The molecule has 1 amide bonds. The van der Waals surface area contributed by atoms with Crippen molar-refractivity contribution in [3.8, 4) is 5.75 Å². The van der Waals surface area contributed by atoms with Crippen molar-refractivity contribution >= 4 is 34.5 Å². The first-order valence-corrected chi connectivity index (χ1v) is 8.56. The van der Waals surface area contributed by atoms with Crippen molar-refractivity contribution < 1.29 is 19.4 Å². The van der Waals surface area contributed by atoms with E-state index in [1.165, 1.54) is 18.7 Å². The van der Waals surface area contributed by atoms with Crippen LogP contribution in [0.3, 0.4) is 0 Å². The molecule has 1 aromatic heterocycles. The molecule has 0 saturated carbocycles. The highest BCUT2D eigenvalue weighted by Gasteiger charge is 2.19. The Morgan fingerprint density at radius 3 is 2.75 bits per heavy atom. The van der Waals surface area contributed by atoms with Crippen molar-refractivity contribution in [1.29, 1.82) is 0 Å². The number of carbonyl (C=O) groups excluding carboxylic acids is 1. The zero-order valence-electron chi connectivity index (χ0n) is 13.8. The van der Waals surface area contributed by atoms with Crippen LogP contribution in [0.15, 0.2) is 29.2 Å². The zero-order valence-corrected chi connectivity index (χ0v) is 14.6. The summed E-state index contributed by atoms with van der Waals surface area (Å²) in [5, 5.41) is 12.6. The summed E-state index contributed by atoms with van der Waals surface area (Å²) in [5.74, 6) is -0.443. The first kappa shape index (κ1) is 18.1. The van der Waals surface area contributed by atoms with Gasteiger partial charge in [-0.25, -0.2) is 4.79 Å². The van der Waals surface area contributed by atoms with Gasteiger partial charge in [0, 0.05) is 28.7 Å².